The second kappa shape index (κ2) is 8.04. The van der Waals surface area contributed by atoms with Crippen molar-refractivity contribution < 1.29 is 18.0 Å². The monoisotopic (exact) mass is 398 g/mol. The number of hydrogen-bond acceptors (Lipinski definition) is 3. The summed E-state index contributed by atoms with van der Waals surface area (Å²) in [5, 5.41) is 3.09. The summed E-state index contributed by atoms with van der Waals surface area (Å²) < 4.78 is 38.8. The topological polar surface area (TPSA) is 48.5 Å². The predicted molar refractivity (Wildman–Crippen MR) is 96.7 cm³/mol. The van der Waals surface area contributed by atoms with Gasteiger partial charge in [-0.05, 0) is 35.9 Å². The van der Waals surface area contributed by atoms with Crippen molar-refractivity contribution in [1.82, 2.24) is 15.2 Å². The minimum absolute atomic E-state index is 0.207. The molecule has 0 radical (unpaired) electrons. The number of piperazine rings is 1. The number of carbonyl (C=O) groups excluding carboxylic acids is 1. The van der Waals surface area contributed by atoms with Gasteiger partial charge < -0.3 is 15.1 Å². The molecule has 5 nitrogen and oxygen atoms in total. The smallest absolute Gasteiger partial charge is 0.367 e. The molecule has 1 aliphatic rings. The minimum Gasteiger partial charge on any atom is -0.367 e. The number of anilines is 1. The van der Waals surface area contributed by atoms with Gasteiger partial charge in [0.2, 0.25) is 0 Å². The van der Waals surface area contributed by atoms with Gasteiger partial charge in [0.1, 0.15) is 0 Å². The van der Waals surface area contributed by atoms with Crippen molar-refractivity contribution in [3.05, 3.63) is 58.9 Å². The summed E-state index contributed by atoms with van der Waals surface area (Å²) in [4.78, 5) is 19.6. The van der Waals surface area contributed by atoms with E-state index in [-0.39, 0.29) is 11.1 Å². The fraction of sp³-hybridized carbons (Fsp3) is 0.333. The molecule has 0 spiro atoms. The first-order valence-corrected chi connectivity index (χ1v) is 8.76. The molecular weight excluding hydrogens is 381 g/mol. The molecule has 1 N–H and O–H groups in total. The molecule has 0 aliphatic carbocycles. The predicted octanol–water partition coefficient (Wildman–Crippen LogP) is 3.79. The summed E-state index contributed by atoms with van der Waals surface area (Å²) in [6.07, 6.45) is -1.12. The lowest BCUT2D eigenvalue weighted by molar-refractivity contribution is -0.137. The van der Waals surface area contributed by atoms with Crippen LogP contribution in [0.3, 0.4) is 0 Å². The van der Waals surface area contributed by atoms with Gasteiger partial charge in [-0.25, -0.2) is 4.79 Å². The molecule has 2 aromatic rings. The quantitative estimate of drug-likeness (QED) is 0.855. The highest BCUT2D eigenvalue weighted by Crippen LogP contribution is 2.35. The molecule has 27 heavy (non-hydrogen) atoms. The van der Waals surface area contributed by atoms with Gasteiger partial charge in [-0.3, -0.25) is 4.98 Å². The van der Waals surface area contributed by atoms with Crippen LogP contribution in [0.1, 0.15) is 11.1 Å². The first-order valence-electron chi connectivity index (χ1n) is 8.38. The number of nitrogens with zero attached hydrogens (tertiary/aromatic N) is 3. The Kier molecular flexibility index (Phi) is 5.74. The molecule has 9 heteroatoms. The van der Waals surface area contributed by atoms with Gasteiger partial charge in [0.05, 0.1) is 16.3 Å². The zero-order valence-corrected chi connectivity index (χ0v) is 15.1. The van der Waals surface area contributed by atoms with E-state index >= 15 is 0 Å². The highest BCUT2D eigenvalue weighted by Gasteiger charge is 2.32. The van der Waals surface area contributed by atoms with Crippen LogP contribution in [-0.2, 0) is 12.7 Å². The average Bonchev–Trinajstić information content (AvgIpc) is 2.66. The summed E-state index contributed by atoms with van der Waals surface area (Å²) in [6, 6.07) is 6.70. The number of alkyl halides is 3. The van der Waals surface area contributed by atoms with Crippen molar-refractivity contribution in [3.8, 4) is 0 Å². The van der Waals surface area contributed by atoms with E-state index in [1.807, 2.05) is 12.1 Å². The van der Waals surface area contributed by atoms with Crippen LogP contribution < -0.4 is 10.2 Å². The van der Waals surface area contributed by atoms with E-state index in [0.717, 1.165) is 17.7 Å². The molecule has 1 aromatic heterocycles. The standard InChI is InChI=1S/C18H18ClF3N4O/c19-15-2-1-14(18(20,21)22)11-16(15)25-7-9-26(10-8-25)17(27)24-12-13-3-5-23-6-4-13/h1-6,11H,7-10,12H2,(H,24,27). The molecule has 1 saturated heterocycles. The van der Waals surface area contributed by atoms with Crippen LogP contribution in [0.5, 0.6) is 0 Å². The molecule has 0 unspecified atom stereocenters. The number of nitrogens with one attached hydrogen (secondary N) is 1. The van der Waals surface area contributed by atoms with Crippen molar-refractivity contribution in [2.75, 3.05) is 31.1 Å². The summed E-state index contributed by atoms with van der Waals surface area (Å²) in [7, 11) is 0. The second-order valence-electron chi connectivity index (χ2n) is 6.15. The summed E-state index contributed by atoms with van der Waals surface area (Å²) in [5.41, 5.74) is 0.537. The fourth-order valence-electron chi connectivity index (χ4n) is 2.87. The number of amides is 2. The molecule has 1 aliphatic heterocycles. The highest BCUT2D eigenvalue weighted by molar-refractivity contribution is 6.33. The molecule has 0 bridgehead atoms. The molecule has 3 rings (SSSR count). The Bertz CT molecular complexity index is 793. The lowest BCUT2D eigenvalue weighted by Crippen LogP contribution is -2.51. The van der Waals surface area contributed by atoms with E-state index < -0.39 is 11.7 Å². The van der Waals surface area contributed by atoms with E-state index in [1.165, 1.54) is 6.07 Å². The maximum Gasteiger partial charge on any atom is 0.416 e. The Morgan fingerprint density at radius 2 is 1.78 bits per heavy atom. The lowest BCUT2D eigenvalue weighted by Gasteiger charge is -2.36. The Balaban J connectivity index is 1.58. The van der Waals surface area contributed by atoms with Crippen LogP contribution in [0.15, 0.2) is 42.7 Å². The molecule has 0 atom stereocenters. The van der Waals surface area contributed by atoms with Gasteiger partial charge in [-0.1, -0.05) is 11.6 Å². The van der Waals surface area contributed by atoms with Crippen LogP contribution in [0, 0.1) is 0 Å². The van der Waals surface area contributed by atoms with Gasteiger partial charge in [0, 0.05) is 45.1 Å². The van der Waals surface area contributed by atoms with E-state index in [0.29, 0.717) is 38.4 Å². The lowest BCUT2D eigenvalue weighted by atomic mass is 10.1. The van der Waals surface area contributed by atoms with Crippen molar-refractivity contribution in [2.24, 2.45) is 0 Å². The van der Waals surface area contributed by atoms with Crippen LogP contribution in [0.4, 0.5) is 23.7 Å². The normalized spacial score (nSPS) is 15.0. The van der Waals surface area contributed by atoms with Crippen LogP contribution >= 0.6 is 11.6 Å². The van der Waals surface area contributed by atoms with E-state index in [4.69, 9.17) is 11.6 Å². The summed E-state index contributed by atoms with van der Waals surface area (Å²) in [5.74, 6) is 0. The maximum atomic E-state index is 12.9. The first-order chi connectivity index (χ1) is 12.8. The third-order valence-electron chi connectivity index (χ3n) is 4.37. The zero-order chi connectivity index (χ0) is 19.4. The van der Waals surface area contributed by atoms with E-state index in [9.17, 15) is 18.0 Å². The molecule has 1 aromatic carbocycles. The minimum atomic E-state index is -4.42. The maximum absolute atomic E-state index is 12.9. The summed E-state index contributed by atoms with van der Waals surface area (Å²) in [6.45, 7) is 2.00. The second-order valence-corrected chi connectivity index (χ2v) is 6.56. The number of aromatic nitrogens is 1. The zero-order valence-electron chi connectivity index (χ0n) is 14.3. The van der Waals surface area contributed by atoms with Gasteiger partial charge >= 0.3 is 12.2 Å². The van der Waals surface area contributed by atoms with Crippen molar-refractivity contribution in [1.29, 1.82) is 0 Å². The van der Waals surface area contributed by atoms with Gasteiger partial charge in [-0.2, -0.15) is 13.2 Å². The molecule has 144 valence electrons. The highest BCUT2D eigenvalue weighted by atomic mass is 35.5. The Morgan fingerprint density at radius 1 is 1.11 bits per heavy atom. The number of urea groups is 1. The number of hydrogen-bond donors (Lipinski definition) is 1. The number of benzene rings is 1. The number of rotatable bonds is 3. The average molecular weight is 399 g/mol. The van der Waals surface area contributed by atoms with E-state index in [1.54, 1.807) is 22.2 Å². The molecule has 0 saturated carbocycles. The molecule has 2 heterocycles. The van der Waals surface area contributed by atoms with Crippen molar-refractivity contribution in [3.63, 3.8) is 0 Å². The molecular formula is C18H18ClF3N4O. The molecule has 2 amide bonds. The van der Waals surface area contributed by atoms with E-state index in [2.05, 4.69) is 10.3 Å². The number of pyridine rings is 1. The first kappa shape index (κ1) is 19.3. The molecule has 1 fully saturated rings. The van der Waals surface area contributed by atoms with Gasteiger partial charge in [0.25, 0.3) is 0 Å². The number of carbonyl (C=O) groups is 1. The third-order valence-corrected chi connectivity index (χ3v) is 4.69. The Hall–Kier alpha value is -2.48. The van der Waals surface area contributed by atoms with Crippen LogP contribution in [-0.4, -0.2) is 42.1 Å². The van der Waals surface area contributed by atoms with Crippen LogP contribution in [0.2, 0.25) is 5.02 Å². The van der Waals surface area contributed by atoms with Crippen molar-refractivity contribution >= 4 is 23.3 Å². The SMILES string of the molecule is O=C(NCc1ccncc1)N1CCN(c2cc(C(F)(F)F)ccc2Cl)CC1. The van der Waals surface area contributed by atoms with Gasteiger partial charge in [0.15, 0.2) is 0 Å². The van der Waals surface area contributed by atoms with Crippen LogP contribution in [0.25, 0.3) is 0 Å². The fourth-order valence-corrected chi connectivity index (χ4v) is 3.11. The van der Waals surface area contributed by atoms with Gasteiger partial charge in [-0.15, -0.1) is 0 Å². The van der Waals surface area contributed by atoms with Crippen molar-refractivity contribution in [2.45, 2.75) is 12.7 Å². The Labute approximate surface area is 159 Å². The Morgan fingerprint density at radius 3 is 2.41 bits per heavy atom. The summed E-state index contributed by atoms with van der Waals surface area (Å²) >= 11 is 6.09. The number of halogens is 4. The largest absolute Gasteiger partial charge is 0.416 e. The third kappa shape index (κ3) is 4.82.